The molecule has 8 nitrogen and oxygen atoms in total. The van der Waals surface area contributed by atoms with E-state index in [4.69, 9.17) is 0 Å². The molecule has 0 spiro atoms. The van der Waals surface area contributed by atoms with E-state index in [-0.39, 0.29) is 11.4 Å². The molecule has 0 aliphatic heterocycles. The molecule has 0 unspecified atom stereocenters. The standard InChI is InChI=1S/C21H20N6O2/c1-11-8-9-14(12(2)10-11)24-19(28)17-18(23-13(3)22-17)20(29)27-21-25-15-6-4-5-7-16(15)26-21/h4-10H,1-3H3,(H,22,23)(H,24,28)(H2,25,26,27,29). The van der Waals surface area contributed by atoms with E-state index >= 15 is 0 Å². The molecule has 0 saturated carbocycles. The number of imidazole rings is 2. The van der Waals surface area contributed by atoms with Crippen molar-refractivity contribution in [1.29, 1.82) is 0 Å². The lowest BCUT2D eigenvalue weighted by Gasteiger charge is -2.09. The molecule has 0 aliphatic carbocycles. The fraction of sp³-hybridized carbons (Fsp3) is 0.143. The lowest BCUT2D eigenvalue weighted by Crippen LogP contribution is -2.21. The average Bonchev–Trinajstić information content (AvgIpc) is 3.26. The Bertz CT molecular complexity index is 1200. The number of aryl methyl sites for hydroxylation is 3. The Hall–Kier alpha value is -3.94. The number of hydrogen-bond acceptors (Lipinski definition) is 4. The van der Waals surface area contributed by atoms with Crippen LogP contribution in [0.4, 0.5) is 11.6 Å². The van der Waals surface area contributed by atoms with E-state index in [9.17, 15) is 9.59 Å². The minimum absolute atomic E-state index is 0.0242. The van der Waals surface area contributed by atoms with Crippen LogP contribution in [0.3, 0.4) is 0 Å². The lowest BCUT2D eigenvalue weighted by molar-refractivity contribution is 0.0985. The Morgan fingerprint density at radius 2 is 1.69 bits per heavy atom. The van der Waals surface area contributed by atoms with E-state index in [1.165, 1.54) is 0 Å². The van der Waals surface area contributed by atoms with Gasteiger partial charge in [0, 0.05) is 5.69 Å². The summed E-state index contributed by atoms with van der Waals surface area (Å²) in [6.07, 6.45) is 0. The number of benzene rings is 2. The third-order valence-corrected chi connectivity index (χ3v) is 4.52. The molecule has 4 N–H and O–H groups in total. The SMILES string of the molecule is Cc1ccc(NC(=O)c2nc(C)[nH]c2C(=O)Nc2nc3ccccc3[nH]2)c(C)c1. The van der Waals surface area contributed by atoms with Crippen LogP contribution in [-0.4, -0.2) is 31.8 Å². The number of H-pyrrole nitrogens is 2. The van der Waals surface area contributed by atoms with E-state index in [2.05, 4.69) is 30.6 Å². The van der Waals surface area contributed by atoms with Crippen LogP contribution in [-0.2, 0) is 0 Å². The quantitative estimate of drug-likeness (QED) is 0.426. The molecule has 0 bridgehead atoms. The predicted octanol–water partition coefficient (Wildman–Crippen LogP) is 3.72. The minimum atomic E-state index is -0.504. The zero-order valence-corrected chi connectivity index (χ0v) is 16.3. The molecule has 8 heteroatoms. The molecule has 0 atom stereocenters. The topological polar surface area (TPSA) is 116 Å². The van der Waals surface area contributed by atoms with Crippen LogP contribution in [0.15, 0.2) is 42.5 Å². The number of nitrogens with zero attached hydrogens (tertiary/aromatic N) is 2. The molecule has 146 valence electrons. The molecule has 0 radical (unpaired) electrons. The summed E-state index contributed by atoms with van der Waals surface area (Å²) in [7, 11) is 0. The van der Waals surface area contributed by atoms with Gasteiger partial charge in [0.2, 0.25) is 5.95 Å². The Kier molecular flexibility index (Phi) is 4.59. The number of carbonyl (C=O) groups excluding carboxylic acids is 2. The van der Waals surface area contributed by atoms with Crippen molar-refractivity contribution in [1.82, 2.24) is 19.9 Å². The van der Waals surface area contributed by atoms with Crippen molar-refractivity contribution < 1.29 is 9.59 Å². The van der Waals surface area contributed by atoms with Crippen molar-refractivity contribution in [2.45, 2.75) is 20.8 Å². The number of para-hydroxylation sites is 2. The van der Waals surface area contributed by atoms with Crippen LogP contribution in [0.1, 0.15) is 37.9 Å². The highest BCUT2D eigenvalue weighted by atomic mass is 16.2. The smallest absolute Gasteiger partial charge is 0.276 e. The number of hydrogen-bond donors (Lipinski definition) is 4. The zero-order chi connectivity index (χ0) is 20.5. The van der Waals surface area contributed by atoms with E-state index in [0.717, 1.165) is 22.2 Å². The van der Waals surface area contributed by atoms with Gasteiger partial charge in [-0.25, -0.2) is 9.97 Å². The van der Waals surface area contributed by atoms with Crippen LogP contribution in [0.5, 0.6) is 0 Å². The Morgan fingerprint density at radius 3 is 2.45 bits per heavy atom. The third-order valence-electron chi connectivity index (χ3n) is 4.52. The molecule has 0 saturated heterocycles. The minimum Gasteiger partial charge on any atom is -0.338 e. The summed E-state index contributed by atoms with van der Waals surface area (Å²) in [4.78, 5) is 40.0. The summed E-state index contributed by atoms with van der Waals surface area (Å²) >= 11 is 0. The fourth-order valence-electron chi connectivity index (χ4n) is 3.14. The number of aromatic amines is 2. The van der Waals surface area contributed by atoms with Crippen LogP contribution in [0.2, 0.25) is 0 Å². The highest BCUT2D eigenvalue weighted by Gasteiger charge is 2.23. The molecular weight excluding hydrogens is 368 g/mol. The maximum Gasteiger partial charge on any atom is 0.276 e. The number of carbonyl (C=O) groups is 2. The number of fused-ring (bicyclic) bond motifs is 1. The first-order valence-electron chi connectivity index (χ1n) is 9.12. The average molecular weight is 388 g/mol. The van der Waals surface area contributed by atoms with E-state index in [1.807, 2.05) is 56.3 Å². The summed E-state index contributed by atoms with van der Waals surface area (Å²) in [5.41, 5.74) is 4.33. The normalized spacial score (nSPS) is 10.9. The summed E-state index contributed by atoms with van der Waals surface area (Å²) in [6.45, 7) is 5.58. The molecule has 2 aromatic heterocycles. The molecule has 0 fully saturated rings. The van der Waals surface area contributed by atoms with Crippen molar-refractivity contribution in [3.8, 4) is 0 Å². The monoisotopic (exact) mass is 388 g/mol. The second-order valence-corrected chi connectivity index (χ2v) is 6.88. The van der Waals surface area contributed by atoms with Gasteiger partial charge in [-0.3, -0.25) is 14.9 Å². The lowest BCUT2D eigenvalue weighted by atomic mass is 10.1. The summed E-state index contributed by atoms with van der Waals surface area (Å²) in [6, 6.07) is 13.2. The maximum atomic E-state index is 12.8. The summed E-state index contributed by atoms with van der Waals surface area (Å²) in [5.74, 6) is -0.207. The van der Waals surface area contributed by atoms with Gasteiger partial charge >= 0.3 is 0 Å². The van der Waals surface area contributed by atoms with Gasteiger partial charge < -0.3 is 15.3 Å². The van der Waals surface area contributed by atoms with E-state index in [1.54, 1.807) is 6.92 Å². The predicted molar refractivity (Wildman–Crippen MR) is 111 cm³/mol. The number of aromatic nitrogens is 4. The zero-order valence-electron chi connectivity index (χ0n) is 16.3. The number of nitrogens with one attached hydrogen (secondary N) is 4. The number of rotatable bonds is 4. The maximum absolute atomic E-state index is 12.8. The molecule has 0 aliphatic rings. The molecule has 2 heterocycles. The third kappa shape index (κ3) is 3.73. The largest absolute Gasteiger partial charge is 0.338 e. The van der Waals surface area contributed by atoms with Crippen molar-refractivity contribution in [3.63, 3.8) is 0 Å². The number of anilines is 2. The van der Waals surface area contributed by atoms with Gasteiger partial charge in [-0.2, -0.15) is 0 Å². The molecule has 4 aromatic rings. The second-order valence-electron chi connectivity index (χ2n) is 6.88. The van der Waals surface area contributed by atoms with Crippen LogP contribution < -0.4 is 10.6 Å². The van der Waals surface area contributed by atoms with Crippen molar-refractivity contribution in [3.05, 3.63) is 70.8 Å². The Balaban J connectivity index is 1.58. The highest BCUT2D eigenvalue weighted by Crippen LogP contribution is 2.19. The Labute approximate surface area is 166 Å². The van der Waals surface area contributed by atoms with E-state index < -0.39 is 11.8 Å². The first-order chi connectivity index (χ1) is 13.9. The van der Waals surface area contributed by atoms with Crippen LogP contribution in [0, 0.1) is 20.8 Å². The van der Waals surface area contributed by atoms with Crippen molar-refractivity contribution in [2.24, 2.45) is 0 Å². The van der Waals surface area contributed by atoms with Crippen LogP contribution >= 0.6 is 0 Å². The summed E-state index contributed by atoms with van der Waals surface area (Å²) in [5, 5.41) is 5.50. The Morgan fingerprint density at radius 1 is 0.897 bits per heavy atom. The number of amides is 2. The molecule has 29 heavy (non-hydrogen) atoms. The van der Waals surface area contributed by atoms with Gasteiger partial charge in [-0.05, 0) is 44.5 Å². The highest BCUT2D eigenvalue weighted by molar-refractivity contribution is 6.13. The second kappa shape index (κ2) is 7.23. The van der Waals surface area contributed by atoms with Gasteiger partial charge in [0.25, 0.3) is 11.8 Å². The molecular formula is C21H20N6O2. The van der Waals surface area contributed by atoms with Gasteiger partial charge in [0.05, 0.1) is 11.0 Å². The molecule has 2 aromatic carbocycles. The molecule has 4 rings (SSSR count). The van der Waals surface area contributed by atoms with Gasteiger partial charge in [-0.15, -0.1) is 0 Å². The summed E-state index contributed by atoms with van der Waals surface area (Å²) < 4.78 is 0. The molecule has 2 amide bonds. The van der Waals surface area contributed by atoms with Gasteiger partial charge in [0.1, 0.15) is 11.5 Å². The first kappa shape index (κ1) is 18.4. The van der Waals surface area contributed by atoms with Crippen molar-refractivity contribution in [2.75, 3.05) is 10.6 Å². The van der Waals surface area contributed by atoms with Crippen LogP contribution in [0.25, 0.3) is 11.0 Å². The van der Waals surface area contributed by atoms with Gasteiger partial charge in [-0.1, -0.05) is 29.8 Å². The van der Waals surface area contributed by atoms with Gasteiger partial charge in [0.15, 0.2) is 5.69 Å². The van der Waals surface area contributed by atoms with Crippen molar-refractivity contribution >= 4 is 34.5 Å². The van der Waals surface area contributed by atoms with E-state index in [0.29, 0.717) is 17.5 Å². The fourth-order valence-corrected chi connectivity index (χ4v) is 3.14. The first-order valence-corrected chi connectivity index (χ1v) is 9.12.